The molecule has 2 aromatic rings. The summed E-state index contributed by atoms with van der Waals surface area (Å²) >= 11 is 7.43. The van der Waals surface area contributed by atoms with E-state index in [1.807, 2.05) is 13.0 Å². The van der Waals surface area contributed by atoms with Crippen molar-refractivity contribution in [2.24, 2.45) is 0 Å². The van der Waals surface area contributed by atoms with Crippen molar-refractivity contribution in [3.05, 3.63) is 22.7 Å². The number of thiazole rings is 1. The molecule has 2 heterocycles. The summed E-state index contributed by atoms with van der Waals surface area (Å²) in [5.74, 6) is -0.337. The fourth-order valence-corrected chi connectivity index (χ4v) is 4.95. The van der Waals surface area contributed by atoms with Crippen LogP contribution in [-0.2, 0) is 14.8 Å². The number of amides is 1. The molecule has 0 radical (unpaired) electrons. The van der Waals surface area contributed by atoms with Crippen molar-refractivity contribution in [1.29, 1.82) is 0 Å². The number of nitrogens with zero attached hydrogens (tertiary/aromatic N) is 2. The molecule has 1 fully saturated rings. The number of halogens is 1. The first-order valence-corrected chi connectivity index (χ1v) is 10.1. The van der Waals surface area contributed by atoms with Crippen LogP contribution in [0.1, 0.15) is 18.4 Å². The summed E-state index contributed by atoms with van der Waals surface area (Å²) in [5, 5.41) is 3.82. The quantitative estimate of drug-likeness (QED) is 0.896. The van der Waals surface area contributed by atoms with E-state index in [0.29, 0.717) is 29.5 Å². The van der Waals surface area contributed by atoms with Gasteiger partial charge in [-0.2, -0.15) is 4.31 Å². The van der Waals surface area contributed by atoms with Gasteiger partial charge < -0.3 is 5.32 Å². The van der Waals surface area contributed by atoms with Crippen LogP contribution in [0.5, 0.6) is 0 Å². The van der Waals surface area contributed by atoms with Gasteiger partial charge in [0.2, 0.25) is 15.9 Å². The van der Waals surface area contributed by atoms with Crippen LogP contribution in [0, 0.1) is 6.92 Å². The Morgan fingerprint density at radius 3 is 2.91 bits per heavy atom. The number of rotatable bonds is 3. The van der Waals surface area contributed by atoms with E-state index in [4.69, 9.17) is 11.6 Å². The molecule has 1 aromatic heterocycles. The van der Waals surface area contributed by atoms with E-state index in [9.17, 15) is 13.2 Å². The largest absolute Gasteiger partial charge is 0.301 e. The topological polar surface area (TPSA) is 79.4 Å². The molecule has 0 bridgehead atoms. The fourth-order valence-electron chi connectivity index (χ4n) is 2.74. The van der Waals surface area contributed by atoms with Gasteiger partial charge in [-0.1, -0.05) is 22.9 Å². The molecule has 1 aliphatic rings. The summed E-state index contributed by atoms with van der Waals surface area (Å²) in [5.41, 5.74) is 1.61. The van der Waals surface area contributed by atoms with Crippen molar-refractivity contribution < 1.29 is 13.2 Å². The number of fused-ring (bicyclic) bond motifs is 1. The zero-order valence-electron chi connectivity index (χ0n) is 12.7. The van der Waals surface area contributed by atoms with Gasteiger partial charge in [0.15, 0.2) is 5.13 Å². The van der Waals surface area contributed by atoms with E-state index in [0.717, 1.165) is 22.0 Å². The van der Waals surface area contributed by atoms with E-state index >= 15 is 0 Å². The van der Waals surface area contributed by atoms with Crippen LogP contribution in [0.15, 0.2) is 12.1 Å². The molecular formula is C14H16ClN3O3S2. The van der Waals surface area contributed by atoms with Crippen LogP contribution in [-0.4, -0.2) is 42.5 Å². The van der Waals surface area contributed by atoms with Gasteiger partial charge in [0.25, 0.3) is 0 Å². The minimum absolute atomic E-state index is 0.337. The van der Waals surface area contributed by atoms with E-state index in [2.05, 4.69) is 10.3 Å². The van der Waals surface area contributed by atoms with Crippen molar-refractivity contribution in [1.82, 2.24) is 9.29 Å². The van der Waals surface area contributed by atoms with Gasteiger partial charge in [-0.15, -0.1) is 0 Å². The van der Waals surface area contributed by atoms with Gasteiger partial charge in [-0.05, 0) is 37.5 Å². The van der Waals surface area contributed by atoms with Crippen molar-refractivity contribution in [3.63, 3.8) is 0 Å². The lowest BCUT2D eigenvalue weighted by atomic mass is 10.2. The Hall–Kier alpha value is -1.22. The first-order valence-electron chi connectivity index (χ1n) is 7.10. The van der Waals surface area contributed by atoms with Gasteiger partial charge >= 0.3 is 0 Å². The molecule has 9 heteroatoms. The predicted molar refractivity (Wildman–Crippen MR) is 92.6 cm³/mol. The van der Waals surface area contributed by atoms with Crippen molar-refractivity contribution in [2.45, 2.75) is 25.8 Å². The number of anilines is 1. The molecule has 0 spiro atoms. The number of hydrogen-bond acceptors (Lipinski definition) is 5. The summed E-state index contributed by atoms with van der Waals surface area (Å²) < 4.78 is 25.7. The maximum Gasteiger partial charge on any atom is 0.244 e. The van der Waals surface area contributed by atoms with Gasteiger partial charge in [0.1, 0.15) is 6.04 Å². The first-order chi connectivity index (χ1) is 10.8. The molecule has 1 saturated heterocycles. The third-order valence-corrected chi connectivity index (χ3v) is 6.54. The lowest BCUT2D eigenvalue weighted by Gasteiger charge is -2.20. The Bertz CT molecular complexity index is 879. The first kappa shape index (κ1) is 16.6. The molecule has 0 saturated carbocycles. The zero-order valence-corrected chi connectivity index (χ0v) is 15.1. The Morgan fingerprint density at radius 2 is 2.22 bits per heavy atom. The van der Waals surface area contributed by atoms with Gasteiger partial charge in [-0.25, -0.2) is 13.4 Å². The molecule has 1 aromatic carbocycles. The minimum Gasteiger partial charge on any atom is -0.301 e. The standard InChI is InChI=1S/C14H16ClN3O3S2/c1-8-9(15)5-6-11-12(8)16-14(22-11)17-13(19)10-4-3-7-18(10)23(2,20)21/h5-6,10H,3-4,7H2,1-2H3,(H,16,17,19)/t10-/m0/s1. The van der Waals surface area contributed by atoms with Gasteiger partial charge in [-0.3, -0.25) is 4.79 Å². The van der Waals surface area contributed by atoms with E-state index in [-0.39, 0.29) is 5.91 Å². The summed E-state index contributed by atoms with van der Waals surface area (Å²) in [6.45, 7) is 2.25. The smallest absolute Gasteiger partial charge is 0.244 e. The number of benzene rings is 1. The summed E-state index contributed by atoms with van der Waals surface area (Å²) in [7, 11) is -3.39. The summed E-state index contributed by atoms with van der Waals surface area (Å²) in [4.78, 5) is 16.8. The van der Waals surface area contributed by atoms with Crippen LogP contribution < -0.4 is 5.32 Å². The van der Waals surface area contributed by atoms with Crippen LogP contribution in [0.25, 0.3) is 10.2 Å². The number of aromatic nitrogens is 1. The zero-order chi connectivity index (χ0) is 16.8. The third-order valence-electron chi connectivity index (χ3n) is 3.91. The maximum atomic E-state index is 12.4. The van der Waals surface area contributed by atoms with Crippen LogP contribution in [0.4, 0.5) is 5.13 Å². The Labute approximate surface area is 143 Å². The Kier molecular flexibility index (Phi) is 4.35. The maximum absolute atomic E-state index is 12.4. The second kappa shape index (κ2) is 6.01. The predicted octanol–water partition coefficient (Wildman–Crippen LogP) is 2.62. The summed E-state index contributed by atoms with van der Waals surface area (Å²) in [6, 6.07) is 2.99. The molecule has 1 aliphatic heterocycles. The highest BCUT2D eigenvalue weighted by Gasteiger charge is 2.36. The summed E-state index contributed by atoms with van der Waals surface area (Å²) in [6.07, 6.45) is 2.33. The number of carbonyl (C=O) groups is 1. The molecule has 1 atom stereocenters. The van der Waals surface area contributed by atoms with Crippen LogP contribution in [0.3, 0.4) is 0 Å². The molecule has 1 amide bonds. The number of aryl methyl sites for hydroxylation is 1. The highest BCUT2D eigenvalue weighted by molar-refractivity contribution is 7.88. The second-order valence-electron chi connectivity index (χ2n) is 5.56. The molecule has 124 valence electrons. The molecular weight excluding hydrogens is 358 g/mol. The Balaban J connectivity index is 1.84. The molecule has 23 heavy (non-hydrogen) atoms. The number of carbonyl (C=O) groups excluding carboxylic acids is 1. The van der Waals surface area contributed by atoms with Crippen molar-refractivity contribution in [3.8, 4) is 0 Å². The van der Waals surface area contributed by atoms with E-state index in [1.165, 1.54) is 15.6 Å². The molecule has 3 rings (SSSR count). The van der Waals surface area contributed by atoms with E-state index < -0.39 is 16.1 Å². The van der Waals surface area contributed by atoms with Gasteiger partial charge in [0, 0.05) is 11.6 Å². The highest BCUT2D eigenvalue weighted by atomic mass is 35.5. The van der Waals surface area contributed by atoms with E-state index in [1.54, 1.807) is 6.07 Å². The second-order valence-corrected chi connectivity index (χ2v) is 8.93. The monoisotopic (exact) mass is 373 g/mol. The number of hydrogen-bond donors (Lipinski definition) is 1. The third kappa shape index (κ3) is 3.21. The lowest BCUT2D eigenvalue weighted by Crippen LogP contribution is -2.42. The lowest BCUT2D eigenvalue weighted by molar-refractivity contribution is -0.119. The average Bonchev–Trinajstić information content (AvgIpc) is 3.09. The number of sulfonamides is 1. The molecule has 0 unspecified atom stereocenters. The molecule has 6 nitrogen and oxygen atoms in total. The van der Waals surface area contributed by atoms with Crippen molar-refractivity contribution in [2.75, 3.05) is 18.1 Å². The SMILES string of the molecule is Cc1c(Cl)ccc2sc(NC(=O)[C@@H]3CCCN3S(C)(=O)=O)nc12. The Morgan fingerprint density at radius 1 is 1.48 bits per heavy atom. The minimum atomic E-state index is -3.39. The highest BCUT2D eigenvalue weighted by Crippen LogP contribution is 2.32. The normalized spacial score (nSPS) is 19.3. The average molecular weight is 374 g/mol. The molecule has 1 N–H and O–H groups in total. The van der Waals surface area contributed by atoms with Crippen molar-refractivity contribution >= 4 is 54.2 Å². The fraction of sp³-hybridized carbons (Fsp3) is 0.429. The van der Waals surface area contributed by atoms with Crippen LogP contribution in [0.2, 0.25) is 5.02 Å². The number of nitrogens with one attached hydrogen (secondary N) is 1. The van der Waals surface area contributed by atoms with Crippen LogP contribution >= 0.6 is 22.9 Å². The van der Waals surface area contributed by atoms with Gasteiger partial charge in [0.05, 0.1) is 16.5 Å². The molecule has 0 aliphatic carbocycles.